The van der Waals surface area contributed by atoms with E-state index < -0.39 is 17.2 Å². The molecule has 1 rings (SSSR count). The van der Waals surface area contributed by atoms with Crippen LogP contribution in [0.3, 0.4) is 0 Å². The predicted molar refractivity (Wildman–Crippen MR) is 59.1 cm³/mol. The van der Waals surface area contributed by atoms with Crippen molar-refractivity contribution < 1.29 is 13.9 Å². The molecule has 0 aliphatic carbocycles. The minimum Gasteiger partial charge on any atom is -0.394 e. The molecule has 90 valence electrons. The highest BCUT2D eigenvalue weighted by atomic mass is 19.2. The Kier molecular flexibility index (Phi) is 3.99. The van der Waals surface area contributed by atoms with Gasteiger partial charge in [0.2, 0.25) is 0 Å². The van der Waals surface area contributed by atoms with Crippen molar-refractivity contribution in [2.75, 3.05) is 6.61 Å². The van der Waals surface area contributed by atoms with Gasteiger partial charge in [-0.3, -0.25) is 0 Å². The van der Waals surface area contributed by atoms with Crippen LogP contribution in [-0.2, 0) is 5.54 Å². The first-order chi connectivity index (χ1) is 7.39. The first-order valence-corrected chi connectivity index (χ1v) is 5.23. The molecule has 0 amide bonds. The SMILES string of the molecule is CC(C)NC(C)(CO)c1ccc(F)c(F)c1. The highest BCUT2D eigenvalue weighted by Gasteiger charge is 2.27. The van der Waals surface area contributed by atoms with Gasteiger partial charge >= 0.3 is 0 Å². The zero-order valence-electron chi connectivity index (χ0n) is 9.72. The van der Waals surface area contributed by atoms with Gasteiger partial charge in [-0.1, -0.05) is 6.07 Å². The molecule has 0 saturated heterocycles. The van der Waals surface area contributed by atoms with Gasteiger partial charge in [-0.05, 0) is 38.5 Å². The molecular weight excluding hydrogens is 212 g/mol. The second-order valence-corrected chi connectivity index (χ2v) is 4.42. The van der Waals surface area contributed by atoms with Crippen LogP contribution in [0.5, 0.6) is 0 Å². The Bertz CT molecular complexity index is 368. The first kappa shape index (κ1) is 13.1. The van der Waals surface area contributed by atoms with Crippen LogP contribution in [0.15, 0.2) is 18.2 Å². The van der Waals surface area contributed by atoms with Crippen molar-refractivity contribution in [1.82, 2.24) is 5.32 Å². The molecule has 4 heteroatoms. The molecule has 1 aromatic rings. The lowest BCUT2D eigenvalue weighted by atomic mass is 9.92. The highest BCUT2D eigenvalue weighted by molar-refractivity contribution is 5.25. The predicted octanol–water partition coefficient (Wildman–Crippen LogP) is 2.17. The number of aliphatic hydroxyl groups is 1. The summed E-state index contributed by atoms with van der Waals surface area (Å²) in [5.74, 6) is -1.78. The molecule has 1 atom stereocenters. The molecule has 16 heavy (non-hydrogen) atoms. The second-order valence-electron chi connectivity index (χ2n) is 4.42. The average molecular weight is 229 g/mol. The van der Waals surface area contributed by atoms with Crippen molar-refractivity contribution in [3.63, 3.8) is 0 Å². The molecule has 0 saturated carbocycles. The van der Waals surface area contributed by atoms with Crippen molar-refractivity contribution in [3.8, 4) is 0 Å². The lowest BCUT2D eigenvalue weighted by molar-refractivity contribution is 0.165. The van der Waals surface area contributed by atoms with Gasteiger partial charge in [-0.25, -0.2) is 8.78 Å². The van der Waals surface area contributed by atoms with E-state index in [0.717, 1.165) is 12.1 Å². The summed E-state index contributed by atoms with van der Waals surface area (Å²) in [7, 11) is 0. The number of benzene rings is 1. The summed E-state index contributed by atoms with van der Waals surface area (Å²) in [5.41, 5.74) is -0.231. The monoisotopic (exact) mass is 229 g/mol. The van der Waals surface area contributed by atoms with Gasteiger partial charge in [0, 0.05) is 6.04 Å². The molecular formula is C12H17F2NO. The molecule has 1 aromatic carbocycles. The van der Waals surface area contributed by atoms with Gasteiger partial charge in [0.15, 0.2) is 11.6 Å². The molecule has 0 heterocycles. The minimum absolute atomic E-state index is 0.130. The summed E-state index contributed by atoms with van der Waals surface area (Å²) in [6.45, 7) is 5.41. The van der Waals surface area contributed by atoms with E-state index in [1.807, 2.05) is 13.8 Å². The fourth-order valence-corrected chi connectivity index (χ4v) is 1.70. The summed E-state index contributed by atoms with van der Waals surface area (Å²) in [5, 5.41) is 12.5. The summed E-state index contributed by atoms with van der Waals surface area (Å²) in [6.07, 6.45) is 0. The number of rotatable bonds is 4. The van der Waals surface area contributed by atoms with Crippen molar-refractivity contribution in [1.29, 1.82) is 0 Å². The molecule has 0 aromatic heterocycles. The fourth-order valence-electron chi connectivity index (χ4n) is 1.70. The molecule has 0 spiro atoms. The maximum atomic E-state index is 13.1. The van der Waals surface area contributed by atoms with Crippen LogP contribution < -0.4 is 5.32 Å². The highest BCUT2D eigenvalue weighted by Crippen LogP contribution is 2.22. The number of nitrogens with one attached hydrogen (secondary N) is 1. The third-order valence-electron chi connectivity index (χ3n) is 2.48. The fraction of sp³-hybridized carbons (Fsp3) is 0.500. The third-order valence-corrected chi connectivity index (χ3v) is 2.48. The molecule has 0 fully saturated rings. The largest absolute Gasteiger partial charge is 0.394 e. The van der Waals surface area contributed by atoms with Crippen LogP contribution in [0.4, 0.5) is 8.78 Å². The molecule has 2 N–H and O–H groups in total. The summed E-state index contributed by atoms with van der Waals surface area (Å²) in [6, 6.07) is 3.79. The van der Waals surface area contributed by atoms with Crippen LogP contribution in [-0.4, -0.2) is 17.8 Å². The normalized spacial score (nSPS) is 15.2. The van der Waals surface area contributed by atoms with Crippen LogP contribution in [0, 0.1) is 11.6 Å². The Morgan fingerprint density at radius 1 is 1.31 bits per heavy atom. The van der Waals surface area contributed by atoms with E-state index >= 15 is 0 Å². The number of halogens is 2. The van der Waals surface area contributed by atoms with Gasteiger partial charge in [-0.2, -0.15) is 0 Å². The first-order valence-electron chi connectivity index (χ1n) is 5.23. The number of hydrogen-bond acceptors (Lipinski definition) is 2. The Hall–Kier alpha value is -1.00. The molecule has 0 radical (unpaired) electrons. The maximum absolute atomic E-state index is 13.1. The van der Waals surface area contributed by atoms with E-state index in [2.05, 4.69) is 5.32 Å². The standard InChI is InChI=1S/C12H17F2NO/c1-8(2)15-12(3,7-16)9-4-5-10(13)11(14)6-9/h4-6,8,15-16H,7H2,1-3H3. The van der Waals surface area contributed by atoms with Gasteiger partial charge in [-0.15, -0.1) is 0 Å². The van der Waals surface area contributed by atoms with E-state index in [9.17, 15) is 13.9 Å². The maximum Gasteiger partial charge on any atom is 0.159 e. The molecule has 2 nitrogen and oxygen atoms in total. The van der Waals surface area contributed by atoms with Crippen LogP contribution in [0.2, 0.25) is 0 Å². The van der Waals surface area contributed by atoms with E-state index in [1.54, 1.807) is 6.92 Å². The average Bonchev–Trinajstić information content (AvgIpc) is 2.21. The Labute approximate surface area is 94.3 Å². The lowest BCUT2D eigenvalue weighted by Crippen LogP contribution is -2.46. The topological polar surface area (TPSA) is 32.3 Å². The third kappa shape index (κ3) is 2.77. The van der Waals surface area contributed by atoms with Gasteiger partial charge < -0.3 is 10.4 Å². The summed E-state index contributed by atoms with van der Waals surface area (Å²) < 4.78 is 25.9. The van der Waals surface area contributed by atoms with Gasteiger partial charge in [0.05, 0.1) is 12.1 Å². The molecule has 0 aliphatic rings. The Balaban J connectivity index is 3.07. The number of hydrogen-bond donors (Lipinski definition) is 2. The molecule has 1 unspecified atom stereocenters. The quantitative estimate of drug-likeness (QED) is 0.829. The van der Waals surface area contributed by atoms with E-state index in [4.69, 9.17) is 0 Å². The molecule has 0 aliphatic heterocycles. The van der Waals surface area contributed by atoms with E-state index in [-0.39, 0.29) is 12.6 Å². The van der Waals surface area contributed by atoms with Crippen molar-refractivity contribution in [2.45, 2.75) is 32.4 Å². The van der Waals surface area contributed by atoms with E-state index in [1.165, 1.54) is 6.07 Å². The molecule has 0 bridgehead atoms. The smallest absolute Gasteiger partial charge is 0.159 e. The zero-order valence-corrected chi connectivity index (χ0v) is 9.72. The van der Waals surface area contributed by atoms with Crippen molar-refractivity contribution >= 4 is 0 Å². The van der Waals surface area contributed by atoms with Crippen LogP contribution in [0.25, 0.3) is 0 Å². The van der Waals surface area contributed by atoms with Crippen LogP contribution in [0.1, 0.15) is 26.3 Å². The van der Waals surface area contributed by atoms with Gasteiger partial charge in [0.25, 0.3) is 0 Å². The lowest BCUT2D eigenvalue weighted by Gasteiger charge is -2.31. The minimum atomic E-state index is -0.900. The second kappa shape index (κ2) is 4.89. The Morgan fingerprint density at radius 2 is 1.94 bits per heavy atom. The summed E-state index contributed by atoms with van der Waals surface area (Å²) >= 11 is 0. The zero-order chi connectivity index (χ0) is 12.3. The Morgan fingerprint density at radius 3 is 2.38 bits per heavy atom. The summed E-state index contributed by atoms with van der Waals surface area (Å²) in [4.78, 5) is 0. The van der Waals surface area contributed by atoms with Gasteiger partial charge in [0.1, 0.15) is 0 Å². The van der Waals surface area contributed by atoms with Crippen LogP contribution >= 0.6 is 0 Å². The van der Waals surface area contributed by atoms with Crippen molar-refractivity contribution in [2.24, 2.45) is 0 Å². The number of aliphatic hydroxyl groups excluding tert-OH is 1. The van der Waals surface area contributed by atoms with E-state index in [0.29, 0.717) is 5.56 Å². The van der Waals surface area contributed by atoms with Crippen molar-refractivity contribution in [3.05, 3.63) is 35.4 Å².